The van der Waals surface area contributed by atoms with Gasteiger partial charge in [0.25, 0.3) is 0 Å². The lowest BCUT2D eigenvalue weighted by molar-refractivity contribution is 0.182. The molecule has 2 aromatic carbocycles. The van der Waals surface area contributed by atoms with Crippen molar-refractivity contribution in [2.45, 2.75) is 24.2 Å². The maximum absolute atomic E-state index is 12.7. The summed E-state index contributed by atoms with van der Waals surface area (Å²) in [6.07, 6.45) is 0.429. The Bertz CT molecular complexity index is 1380. The molecule has 2 heterocycles. The summed E-state index contributed by atoms with van der Waals surface area (Å²) in [4.78, 5) is 23.5. The Morgan fingerprint density at radius 1 is 1.06 bits per heavy atom. The first-order valence-electron chi connectivity index (χ1n) is 9.52. The number of anilines is 1. The topological polar surface area (TPSA) is 142 Å². The van der Waals surface area contributed by atoms with Crippen LogP contribution < -0.4 is 25.5 Å². The van der Waals surface area contributed by atoms with Crippen LogP contribution in [0.4, 0.5) is 10.5 Å². The van der Waals surface area contributed by atoms with E-state index in [1.165, 1.54) is 37.3 Å². The lowest BCUT2D eigenvalue weighted by atomic mass is 10.3. The van der Waals surface area contributed by atoms with Gasteiger partial charge < -0.3 is 14.6 Å². The largest absolute Gasteiger partial charge is 0.465 e. The fourth-order valence-electron chi connectivity index (χ4n) is 3.10. The van der Waals surface area contributed by atoms with Gasteiger partial charge in [0.2, 0.25) is 5.79 Å². The van der Waals surface area contributed by atoms with E-state index >= 15 is 0 Å². The van der Waals surface area contributed by atoms with E-state index in [1.54, 1.807) is 18.3 Å². The summed E-state index contributed by atoms with van der Waals surface area (Å²) >= 11 is 0. The van der Waals surface area contributed by atoms with Gasteiger partial charge >= 0.3 is 16.2 Å². The van der Waals surface area contributed by atoms with Gasteiger partial charge in [0, 0.05) is 24.9 Å². The fraction of sp³-hybridized carbons (Fsp3) is 0.143. The van der Waals surface area contributed by atoms with E-state index in [2.05, 4.69) is 25.6 Å². The number of pyridine rings is 1. The summed E-state index contributed by atoms with van der Waals surface area (Å²) in [5.41, 5.74) is 1.59. The monoisotopic (exact) mass is 453 g/mol. The van der Waals surface area contributed by atoms with E-state index in [-0.39, 0.29) is 10.6 Å². The Morgan fingerprint density at radius 3 is 2.50 bits per heavy atom. The van der Waals surface area contributed by atoms with E-state index in [9.17, 15) is 13.2 Å². The van der Waals surface area contributed by atoms with Crippen molar-refractivity contribution in [1.82, 2.24) is 10.3 Å². The Morgan fingerprint density at radius 2 is 1.81 bits per heavy atom. The molecule has 0 saturated heterocycles. The van der Waals surface area contributed by atoms with Crippen molar-refractivity contribution >= 4 is 21.9 Å². The number of fused-ring (bicyclic) bond motifs is 1. The molecule has 1 unspecified atom stereocenters. The predicted molar refractivity (Wildman–Crippen MR) is 114 cm³/mol. The minimum atomic E-state index is -4.08. The molecule has 11 heteroatoms. The van der Waals surface area contributed by atoms with Crippen LogP contribution in [0.3, 0.4) is 0 Å². The molecule has 1 amide bonds. The quantitative estimate of drug-likeness (QED) is 0.462. The maximum atomic E-state index is 12.7. The van der Waals surface area contributed by atoms with E-state index in [1.807, 2.05) is 18.2 Å². The smallest absolute Gasteiger partial charge is 0.408 e. The summed E-state index contributed by atoms with van der Waals surface area (Å²) in [6.45, 7) is 1.99. The van der Waals surface area contributed by atoms with Gasteiger partial charge in [0.1, 0.15) is 10.6 Å². The molecule has 32 heavy (non-hydrogen) atoms. The van der Waals surface area contributed by atoms with Crippen molar-refractivity contribution in [1.29, 1.82) is 0 Å². The number of carbonyl (C=O) groups is 1. The summed E-state index contributed by atoms with van der Waals surface area (Å²) in [7, 11) is -4.08. The van der Waals surface area contributed by atoms with Crippen molar-refractivity contribution in [3.05, 3.63) is 83.3 Å². The number of rotatable bonds is 7. The second-order valence-corrected chi connectivity index (χ2v) is 8.61. The number of hydrogen-bond acceptors (Lipinski definition) is 8. The first-order chi connectivity index (χ1) is 15.2. The molecule has 0 saturated carbocycles. The highest BCUT2D eigenvalue weighted by Gasteiger charge is 2.27. The van der Waals surface area contributed by atoms with E-state index < -0.39 is 22.0 Å². The molecule has 3 N–H and O–H groups in total. The highest BCUT2D eigenvalue weighted by Crippen LogP contribution is 2.20. The number of nitrogens with zero attached hydrogens (tertiary/aromatic N) is 3. The van der Waals surface area contributed by atoms with Crippen LogP contribution in [0.1, 0.15) is 12.6 Å². The molecule has 0 bridgehead atoms. The first kappa shape index (κ1) is 21.2. The second kappa shape index (κ2) is 8.27. The molecule has 4 rings (SSSR count). The summed E-state index contributed by atoms with van der Waals surface area (Å²) < 4.78 is 30.6. The van der Waals surface area contributed by atoms with Crippen LogP contribution >= 0.6 is 0 Å². The Hall–Kier alpha value is -3.99. The zero-order valence-corrected chi connectivity index (χ0v) is 17.7. The standard InChI is InChI=1S/C21H19N5O5S/c1-21(26-20(27)28)24-18-10-7-16(12-19(18)25-21)31-32(29,30)17-8-5-14(6-9-17)23-13-15-4-2-3-11-22-15/h2-12,23,26H,13H2,1H3,(H,27,28). The van der Waals surface area contributed by atoms with Gasteiger partial charge in [-0.25, -0.2) is 14.8 Å². The Balaban J connectivity index is 1.47. The third-order valence-electron chi connectivity index (χ3n) is 4.52. The first-order valence-corrected chi connectivity index (χ1v) is 10.9. The van der Waals surface area contributed by atoms with Gasteiger partial charge in [-0.2, -0.15) is 8.42 Å². The minimum Gasteiger partial charge on any atom is -0.465 e. The molecule has 10 nitrogen and oxygen atoms in total. The molecule has 3 aromatic rings. The van der Waals surface area contributed by atoms with Crippen molar-refractivity contribution < 1.29 is 22.5 Å². The number of carboxylic acid groups (broad SMARTS) is 1. The summed E-state index contributed by atoms with van der Waals surface area (Å²) in [5, 5.41) is 15.0. The van der Waals surface area contributed by atoms with Crippen LogP contribution in [-0.4, -0.2) is 30.4 Å². The van der Waals surface area contributed by atoms with Crippen molar-refractivity contribution in [2.24, 2.45) is 9.98 Å². The third-order valence-corrected chi connectivity index (χ3v) is 5.78. The molecule has 1 aromatic heterocycles. The van der Waals surface area contributed by atoms with E-state index in [0.29, 0.717) is 17.3 Å². The van der Waals surface area contributed by atoms with Crippen molar-refractivity contribution in [2.75, 3.05) is 5.32 Å². The Kier molecular flexibility index (Phi) is 5.49. The lowest BCUT2D eigenvalue weighted by Gasteiger charge is -2.16. The van der Waals surface area contributed by atoms with Gasteiger partial charge in [-0.15, -0.1) is 0 Å². The molecule has 1 atom stereocenters. The lowest BCUT2D eigenvalue weighted by Crippen LogP contribution is -2.41. The molecule has 1 aliphatic rings. The van der Waals surface area contributed by atoms with Gasteiger partial charge in [-0.1, -0.05) is 6.07 Å². The number of benzene rings is 2. The molecular weight excluding hydrogens is 434 g/mol. The van der Waals surface area contributed by atoms with Gasteiger partial charge in [0.15, 0.2) is 0 Å². The number of amides is 1. The van der Waals surface area contributed by atoms with Crippen LogP contribution in [0.5, 0.6) is 5.75 Å². The molecule has 0 aliphatic carbocycles. The maximum Gasteiger partial charge on any atom is 0.408 e. The SMILES string of the molecule is CC1(NC(=O)O)N=c2ccc(OS(=O)(=O)c3ccc(NCc4ccccn4)cc3)cc2=N1. The summed E-state index contributed by atoms with van der Waals surface area (Å²) in [5.74, 6) is -1.33. The number of aromatic nitrogens is 1. The minimum absolute atomic E-state index is 0.0135. The van der Waals surface area contributed by atoms with Crippen LogP contribution in [-0.2, 0) is 16.7 Å². The predicted octanol–water partition coefficient (Wildman–Crippen LogP) is 1.66. The van der Waals surface area contributed by atoms with Gasteiger partial charge in [-0.3, -0.25) is 10.3 Å². The number of hydrogen-bond donors (Lipinski definition) is 3. The molecular formula is C21H19N5O5S. The highest BCUT2D eigenvalue weighted by molar-refractivity contribution is 7.87. The zero-order valence-electron chi connectivity index (χ0n) is 16.9. The normalized spacial score (nSPS) is 16.9. The van der Waals surface area contributed by atoms with Crippen LogP contribution in [0.25, 0.3) is 0 Å². The van der Waals surface area contributed by atoms with Gasteiger partial charge in [-0.05, 0) is 48.5 Å². The van der Waals surface area contributed by atoms with Crippen LogP contribution in [0, 0.1) is 0 Å². The second-order valence-electron chi connectivity index (χ2n) is 7.06. The zero-order chi connectivity index (χ0) is 22.8. The average Bonchev–Trinajstić information content (AvgIpc) is 3.07. The average molecular weight is 453 g/mol. The van der Waals surface area contributed by atoms with Crippen molar-refractivity contribution in [3.63, 3.8) is 0 Å². The van der Waals surface area contributed by atoms with E-state index in [0.717, 1.165) is 11.4 Å². The van der Waals surface area contributed by atoms with Crippen molar-refractivity contribution in [3.8, 4) is 5.75 Å². The van der Waals surface area contributed by atoms with E-state index in [4.69, 9.17) is 9.29 Å². The fourth-order valence-corrected chi connectivity index (χ4v) is 4.02. The third kappa shape index (κ3) is 4.83. The molecule has 0 radical (unpaired) electrons. The van der Waals surface area contributed by atoms with Crippen LogP contribution in [0.15, 0.2) is 81.7 Å². The molecule has 1 aliphatic heterocycles. The number of nitrogens with one attached hydrogen (secondary N) is 2. The summed E-state index contributed by atoms with van der Waals surface area (Å²) in [6, 6.07) is 16.1. The molecule has 164 valence electrons. The molecule has 0 fully saturated rings. The van der Waals surface area contributed by atoms with Crippen LogP contribution in [0.2, 0.25) is 0 Å². The highest BCUT2D eigenvalue weighted by atomic mass is 32.2. The Labute approximate surface area is 183 Å². The van der Waals surface area contributed by atoms with Gasteiger partial charge in [0.05, 0.1) is 23.0 Å². The molecule has 0 spiro atoms.